The van der Waals surface area contributed by atoms with E-state index in [2.05, 4.69) is 4.98 Å². The van der Waals surface area contributed by atoms with Gasteiger partial charge in [0.15, 0.2) is 17.5 Å². The standard InChI is InChI=1S/C23H14F3N/c24-20-12-11-17(22(25)23(20)26)21-13-18(15-7-3-1-4-8-15)19(14-27-21)16-9-5-2-6-10-16/h1-14H. The summed E-state index contributed by atoms with van der Waals surface area (Å²) in [6, 6.07) is 23.1. The van der Waals surface area contributed by atoms with Crippen LogP contribution in [0.2, 0.25) is 0 Å². The molecule has 0 atom stereocenters. The van der Waals surface area contributed by atoms with Gasteiger partial charge in [-0.05, 0) is 34.9 Å². The first-order valence-corrected chi connectivity index (χ1v) is 8.40. The third-order valence-corrected chi connectivity index (χ3v) is 4.38. The summed E-state index contributed by atoms with van der Waals surface area (Å²) in [5, 5.41) is 0. The Morgan fingerprint density at radius 3 is 1.78 bits per heavy atom. The average molecular weight is 361 g/mol. The molecule has 0 amide bonds. The summed E-state index contributed by atoms with van der Waals surface area (Å²) in [4.78, 5) is 4.31. The summed E-state index contributed by atoms with van der Waals surface area (Å²) < 4.78 is 41.2. The molecule has 1 aromatic heterocycles. The molecule has 4 rings (SSSR count). The molecule has 0 bridgehead atoms. The molecule has 0 N–H and O–H groups in total. The molecule has 0 saturated carbocycles. The second-order valence-electron chi connectivity index (χ2n) is 6.07. The fourth-order valence-corrected chi connectivity index (χ4v) is 3.03. The van der Waals surface area contributed by atoms with Gasteiger partial charge in [0.2, 0.25) is 0 Å². The summed E-state index contributed by atoms with van der Waals surface area (Å²) in [5.41, 5.74) is 3.74. The zero-order valence-corrected chi connectivity index (χ0v) is 14.2. The summed E-state index contributed by atoms with van der Waals surface area (Å²) >= 11 is 0. The van der Waals surface area contributed by atoms with Crippen molar-refractivity contribution >= 4 is 0 Å². The molecule has 27 heavy (non-hydrogen) atoms. The minimum atomic E-state index is -1.50. The molecule has 0 radical (unpaired) electrons. The van der Waals surface area contributed by atoms with Crippen LogP contribution in [0.1, 0.15) is 0 Å². The van der Waals surface area contributed by atoms with Crippen molar-refractivity contribution in [2.45, 2.75) is 0 Å². The lowest BCUT2D eigenvalue weighted by Crippen LogP contribution is -1.97. The first-order valence-electron chi connectivity index (χ1n) is 8.40. The van der Waals surface area contributed by atoms with Crippen LogP contribution in [0.3, 0.4) is 0 Å². The molecule has 0 aliphatic carbocycles. The van der Waals surface area contributed by atoms with E-state index in [0.29, 0.717) is 0 Å². The molecule has 1 heterocycles. The molecule has 3 aromatic carbocycles. The Morgan fingerprint density at radius 2 is 1.15 bits per heavy atom. The third-order valence-electron chi connectivity index (χ3n) is 4.38. The zero-order valence-electron chi connectivity index (χ0n) is 14.2. The maximum absolute atomic E-state index is 14.3. The van der Waals surface area contributed by atoms with E-state index in [4.69, 9.17) is 0 Å². The van der Waals surface area contributed by atoms with Gasteiger partial charge in [0.25, 0.3) is 0 Å². The second-order valence-corrected chi connectivity index (χ2v) is 6.07. The van der Waals surface area contributed by atoms with Crippen LogP contribution < -0.4 is 0 Å². The highest BCUT2D eigenvalue weighted by Crippen LogP contribution is 2.35. The maximum atomic E-state index is 14.3. The number of nitrogens with zero attached hydrogens (tertiary/aromatic N) is 1. The van der Waals surface area contributed by atoms with Gasteiger partial charge in [-0.25, -0.2) is 13.2 Å². The van der Waals surface area contributed by atoms with E-state index in [1.165, 1.54) is 6.07 Å². The normalized spacial score (nSPS) is 10.8. The van der Waals surface area contributed by atoms with Gasteiger partial charge in [0, 0.05) is 17.3 Å². The van der Waals surface area contributed by atoms with Gasteiger partial charge >= 0.3 is 0 Å². The highest BCUT2D eigenvalue weighted by molar-refractivity contribution is 5.85. The van der Waals surface area contributed by atoms with E-state index in [0.717, 1.165) is 28.3 Å². The Morgan fingerprint density at radius 1 is 0.556 bits per heavy atom. The molecular weight excluding hydrogens is 347 g/mol. The van der Waals surface area contributed by atoms with E-state index >= 15 is 0 Å². The largest absolute Gasteiger partial charge is 0.255 e. The fourth-order valence-electron chi connectivity index (χ4n) is 3.03. The summed E-state index contributed by atoms with van der Waals surface area (Å²) in [7, 11) is 0. The van der Waals surface area contributed by atoms with E-state index in [-0.39, 0.29) is 11.3 Å². The van der Waals surface area contributed by atoms with Crippen molar-refractivity contribution in [3.8, 4) is 33.5 Å². The lowest BCUT2D eigenvalue weighted by Gasteiger charge is -2.13. The van der Waals surface area contributed by atoms with Gasteiger partial charge in [0.1, 0.15) is 0 Å². The molecule has 0 saturated heterocycles. The lowest BCUT2D eigenvalue weighted by atomic mass is 9.94. The predicted molar refractivity (Wildman–Crippen MR) is 100 cm³/mol. The zero-order chi connectivity index (χ0) is 18.8. The predicted octanol–water partition coefficient (Wildman–Crippen LogP) is 6.50. The molecule has 0 aliphatic heterocycles. The van der Waals surface area contributed by atoms with Crippen LogP contribution in [0.15, 0.2) is 85.1 Å². The second kappa shape index (κ2) is 7.08. The van der Waals surface area contributed by atoms with Crippen LogP contribution in [0, 0.1) is 17.5 Å². The number of hydrogen-bond donors (Lipinski definition) is 0. The molecule has 1 nitrogen and oxygen atoms in total. The van der Waals surface area contributed by atoms with Crippen LogP contribution in [-0.2, 0) is 0 Å². The fraction of sp³-hybridized carbons (Fsp3) is 0. The highest BCUT2D eigenvalue weighted by atomic mass is 19.2. The summed E-state index contributed by atoms with van der Waals surface area (Å²) in [6.45, 7) is 0. The van der Waals surface area contributed by atoms with Gasteiger partial charge in [-0.1, -0.05) is 60.7 Å². The quantitative estimate of drug-likeness (QED) is 0.380. The Labute approximate surface area is 154 Å². The summed E-state index contributed by atoms with van der Waals surface area (Å²) in [6.07, 6.45) is 1.63. The van der Waals surface area contributed by atoms with E-state index in [1.54, 1.807) is 12.3 Å². The Balaban J connectivity index is 1.94. The van der Waals surface area contributed by atoms with Crippen molar-refractivity contribution < 1.29 is 13.2 Å². The molecule has 0 spiro atoms. The molecule has 0 aliphatic rings. The van der Waals surface area contributed by atoms with Crippen molar-refractivity contribution in [3.63, 3.8) is 0 Å². The monoisotopic (exact) mass is 361 g/mol. The van der Waals surface area contributed by atoms with E-state index in [1.807, 2.05) is 60.7 Å². The Bertz CT molecular complexity index is 1090. The lowest BCUT2D eigenvalue weighted by molar-refractivity contribution is 0.449. The molecule has 0 unspecified atom stereocenters. The van der Waals surface area contributed by atoms with Crippen molar-refractivity contribution in [1.82, 2.24) is 4.98 Å². The van der Waals surface area contributed by atoms with Gasteiger partial charge in [0.05, 0.1) is 5.69 Å². The number of halogens is 3. The number of hydrogen-bond acceptors (Lipinski definition) is 1. The van der Waals surface area contributed by atoms with Gasteiger partial charge in [-0.15, -0.1) is 0 Å². The minimum absolute atomic E-state index is 0.0781. The SMILES string of the molecule is Fc1ccc(-c2cc(-c3ccccc3)c(-c3ccccc3)cn2)c(F)c1F. The Hall–Kier alpha value is -3.40. The number of aromatic nitrogens is 1. The molecule has 132 valence electrons. The van der Waals surface area contributed by atoms with Crippen molar-refractivity contribution in [2.75, 3.05) is 0 Å². The molecule has 0 fully saturated rings. The van der Waals surface area contributed by atoms with Crippen molar-refractivity contribution in [1.29, 1.82) is 0 Å². The van der Waals surface area contributed by atoms with Crippen LogP contribution >= 0.6 is 0 Å². The van der Waals surface area contributed by atoms with Gasteiger partial charge in [-0.2, -0.15) is 0 Å². The topological polar surface area (TPSA) is 12.9 Å². The van der Waals surface area contributed by atoms with Crippen LogP contribution in [0.5, 0.6) is 0 Å². The third kappa shape index (κ3) is 3.22. The van der Waals surface area contributed by atoms with E-state index < -0.39 is 17.5 Å². The number of rotatable bonds is 3. The smallest absolute Gasteiger partial charge is 0.195 e. The van der Waals surface area contributed by atoms with Gasteiger partial charge < -0.3 is 0 Å². The van der Waals surface area contributed by atoms with Crippen LogP contribution in [0.25, 0.3) is 33.5 Å². The number of pyridine rings is 1. The van der Waals surface area contributed by atoms with E-state index in [9.17, 15) is 13.2 Å². The first kappa shape index (κ1) is 17.0. The maximum Gasteiger partial charge on any atom is 0.195 e. The van der Waals surface area contributed by atoms with Crippen LogP contribution in [0.4, 0.5) is 13.2 Å². The summed E-state index contributed by atoms with van der Waals surface area (Å²) in [5.74, 6) is -3.96. The minimum Gasteiger partial charge on any atom is -0.255 e. The first-order chi connectivity index (χ1) is 13.1. The average Bonchev–Trinajstić information content (AvgIpc) is 2.73. The number of benzene rings is 3. The Kier molecular flexibility index (Phi) is 4.47. The van der Waals surface area contributed by atoms with Crippen molar-refractivity contribution in [2.24, 2.45) is 0 Å². The van der Waals surface area contributed by atoms with Gasteiger partial charge in [-0.3, -0.25) is 4.98 Å². The van der Waals surface area contributed by atoms with Crippen LogP contribution in [-0.4, -0.2) is 4.98 Å². The molecule has 4 heteroatoms. The molecular formula is C23H14F3N. The molecule has 4 aromatic rings. The highest BCUT2D eigenvalue weighted by Gasteiger charge is 2.17. The van der Waals surface area contributed by atoms with Crippen molar-refractivity contribution in [3.05, 3.63) is 103 Å².